The van der Waals surface area contributed by atoms with E-state index in [1.807, 2.05) is 6.92 Å². The van der Waals surface area contributed by atoms with E-state index in [9.17, 15) is 8.42 Å². The van der Waals surface area contributed by atoms with Crippen molar-refractivity contribution >= 4 is 15.8 Å². The third kappa shape index (κ3) is 6.32. The quantitative estimate of drug-likeness (QED) is 0.593. The number of nitrogens with zero attached hydrogens (tertiary/aromatic N) is 2. The van der Waals surface area contributed by atoms with Crippen molar-refractivity contribution in [1.29, 1.82) is 0 Å². The fourth-order valence-electron chi connectivity index (χ4n) is 2.89. The van der Waals surface area contributed by atoms with Gasteiger partial charge in [-0.05, 0) is 52.4 Å². The summed E-state index contributed by atoms with van der Waals surface area (Å²) in [6.45, 7) is 15.0. The first kappa shape index (κ1) is 20.3. The molecule has 0 aromatic heterocycles. The molecule has 1 aliphatic rings. The summed E-state index contributed by atoms with van der Waals surface area (Å²) in [7, 11) is -3.11. The second kappa shape index (κ2) is 8.36. The molecule has 5 nitrogen and oxygen atoms in total. The maximum Gasteiger partial charge on any atom is 0.193 e. The lowest BCUT2D eigenvalue weighted by molar-refractivity contribution is 0.403. The van der Waals surface area contributed by atoms with Crippen LogP contribution in [0, 0.1) is 11.8 Å². The Morgan fingerprint density at radius 3 is 2.52 bits per heavy atom. The molecule has 0 amide bonds. The van der Waals surface area contributed by atoms with Crippen LogP contribution in [0.5, 0.6) is 0 Å². The van der Waals surface area contributed by atoms with Crippen LogP contribution in [0.3, 0.4) is 0 Å². The maximum absolute atomic E-state index is 12.2. The van der Waals surface area contributed by atoms with Crippen molar-refractivity contribution in [2.75, 3.05) is 31.9 Å². The topological polar surface area (TPSA) is 61.8 Å². The van der Waals surface area contributed by atoms with Gasteiger partial charge in [-0.1, -0.05) is 13.8 Å². The number of sulfone groups is 1. The SMILES string of the molecule is CCNC(=NCCS(=O)(=O)C(C)(C)C)N1CCC(CC(C)C)C1. The van der Waals surface area contributed by atoms with Crippen molar-refractivity contribution in [3.63, 3.8) is 0 Å². The summed E-state index contributed by atoms with van der Waals surface area (Å²) in [6, 6.07) is 0. The first-order chi connectivity index (χ1) is 10.6. The fraction of sp³-hybridized carbons (Fsp3) is 0.941. The second-order valence-corrected chi connectivity index (χ2v) is 10.8. The normalized spacial score (nSPS) is 20.4. The fourth-order valence-corrected chi connectivity index (χ4v) is 3.83. The molecule has 23 heavy (non-hydrogen) atoms. The molecule has 1 heterocycles. The first-order valence-corrected chi connectivity index (χ1v) is 10.5. The predicted octanol–water partition coefficient (Wildman–Crippen LogP) is 2.53. The number of hydrogen-bond acceptors (Lipinski definition) is 3. The van der Waals surface area contributed by atoms with E-state index in [0.717, 1.165) is 37.4 Å². The Morgan fingerprint density at radius 1 is 1.35 bits per heavy atom. The Kier molecular flexibility index (Phi) is 7.36. The minimum absolute atomic E-state index is 0.106. The van der Waals surface area contributed by atoms with E-state index >= 15 is 0 Å². The average molecular weight is 346 g/mol. The highest BCUT2D eigenvalue weighted by Crippen LogP contribution is 2.23. The smallest absolute Gasteiger partial charge is 0.193 e. The first-order valence-electron chi connectivity index (χ1n) is 8.82. The molecule has 0 aromatic carbocycles. The third-order valence-electron chi connectivity index (χ3n) is 4.28. The molecule has 0 aromatic rings. The van der Waals surface area contributed by atoms with Gasteiger partial charge in [0.25, 0.3) is 0 Å². The van der Waals surface area contributed by atoms with Crippen molar-refractivity contribution in [2.24, 2.45) is 16.8 Å². The van der Waals surface area contributed by atoms with Gasteiger partial charge in [-0.2, -0.15) is 0 Å². The molecule has 0 spiro atoms. The molecule has 0 saturated carbocycles. The summed E-state index contributed by atoms with van der Waals surface area (Å²) in [5.41, 5.74) is 0. The molecule has 6 heteroatoms. The van der Waals surface area contributed by atoms with Gasteiger partial charge in [0.2, 0.25) is 0 Å². The predicted molar refractivity (Wildman–Crippen MR) is 98.7 cm³/mol. The van der Waals surface area contributed by atoms with Crippen molar-refractivity contribution in [2.45, 2.75) is 59.1 Å². The Balaban J connectivity index is 2.65. The molecule has 1 saturated heterocycles. The van der Waals surface area contributed by atoms with Crippen molar-refractivity contribution in [1.82, 2.24) is 10.2 Å². The van der Waals surface area contributed by atoms with E-state index in [1.165, 1.54) is 12.8 Å². The Hall–Kier alpha value is -0.780. The van der Waals surface area contributed by atoms with E-state index in [1.54, 1.807) is 20.8 Å². The molecule has 0 bridgehead atoms. The van der Waals surface area contributed by atoms with Crippen molar-refractivity contribution in [3.8, 4) is 0 Å². The van der Waals surface area contributed by atoms with Crippen molar-refractivity contribution < 1.29 is 8.42 Å². The Morgan fingerprint density at radius 2 is 2.00 bits per heavy atom. The van der Waals surface area contributed by atoms with Gasteiger partial charge in [0.1, 0.15) is 0 Å². The van der Waals surface area contributed by atoms with Gasteiger partial charge in [0.05, 0.1) is 17.0 Å². The number of likely N-dealkylation sites (tertiary alicyclic amines) is 1. The zero-order valence-electron chi connectivity index (χ0n) is 15.7. The molecule has 1 aliphatic heterocycles. The van der Waals surface area contributed by atoms with Crippen LogP contribution < -0.4 is 5.32 Å². The maximum atomic E-state index is 12.2. The van der Waals surface area contributed by atoms with Crippen LogP contribution in [-0.2, 0) is 9.84 Å². The summed E-state index contributed by atoms with van der Waals surface area (Å²) in [5.74, 6) is 2.41. The number of nitrogens with one attached hydrogen (secondary N) is 1. The van der Waals surface area contributed by atoms with Gasteiger partial charge >= 0.3 is 0 Å². The Labute approximate surface area is 142 Å². The van der Waals surface area contributed by atoms with Crippen molar-refractivity contribution in [3.05, 3.63) is 0 Å². The van der Waals surface area contributed by atoms with Crippen LogP contribution in [0.15, 0.2) is 4.99 Å². The zero-order chi connectivity index (χ0) is 17.7. The van der Waals surface area contributed by atoms with Crippen LogP contribution >= 0.6 is 0 Å². The van der Waals surface area contributed by atoms with Crippen LogP contribution in [0.4, 0.5) is 0 Å². The van der Waals surface area contributed by atoms with Gasteiger partial charge in [-0.3, -0.25) is 4.99 Å². The van der Waals surface area contributed by atoms with Crippen LogP contribution in [0.2, 0.25) is 0 Å². The highest BCUT2D eigenvalue weighted by atomic mass is 32.2. The van der Waals surface area contributed by atoms with Crippen LogP contribution in [0.1, 0.15) is 54.4 Å². The minimum atomic E-state index is -3.11. The number of guanidine groups is 1. The summed E-state index contributed by atoms with van der Waals surface area (Å²) in [5, 5.41) is 3.30. The van der Waals surface area contributed by atoms with Gasteiger partial charge in [0.15, 0.2) is 15.8 Å². The molecular weight excluding hydrogens is 310 g/mol. The lowest BCUT2D eigenvalue weighted by Gasteiger charge is -2.23. The summed E-state index contributed by atoms with van der Waals surface area (Å²) in [6.07, 6.45) is 2.44. The molecule has 1 rings (SSSR count). The lowest BCUT2D eigenvalue weighted by Crippen LogP contribution is -2.40. The van der Waals surface area contributed by atoms with E-state index in [-0.39, 0.29) is 5.75 Å². The van der Waals surface area contributed by atoms with Gasteiger partial charge in [-0.25, -0.2) is 8.42 Å². The Bertz CT molecular complexity index is 492. The summed E-state index contributed by atoms with van der Waals surface area (Å²) in [4.78, 5) is 6.84. The molecule has 1 fully saturated rings. The van der Waals surface area contributed by atoms with Gasteiger partial charge in [0, 0.05) is 19.6 Å². The standard InChI is InChI=1S/C17H35N3O2S/c1-7-18-16(19-9-11-23(21,22)17(4,5)6)20-10-8-15(13-20)12-14(2)3/h14-15H,7-13H2,1-6H3,(H,18,19). The molecule has 1 atom stereocenters. The molecular formula is C17H35N3O2S. The highest BCUT2D eigenvalue weighted by Gasteiger charge is 2.29. The van der Waals surface area contributed by atoms with Gasteiger partial charge < -0.3 is 10.2 Å². The summed E-state index contributed by atoms with van der Waals surface area (Å²) < 4.78 is 23.7. The number of hydrogen-bond donors (Lipinski definition) is 1. The van der Waals surface area contributed by atoms with Gasteiger partial charge in [-0.15, -0.1) is 0 Å². The summed E-state index contributed by atoms with van der Waals surface area (Å²) >= 11 is 0. The van der Waals surface area contributed by atoms with E-state index in [0.29, 0.717) is 6.54 Å². The van der Waals surface area contributed by atoms with Crippen LogP contribution in [-0.4, -0.2) is 56.0 Å². The van der Waals surface area contributed by atoms with E-state index in [4.69, 9.17) is 0 Å². The molecule has 1 N–H and O–H groups in total. The number of aliphatic imine (C=N–C) groups is 1. The second-order valence-electron chi connectivity index (χ2n) is 7.90. The molecule has 0 radical (unpaired) electrons. The molecule has 1 unspecified atom stereocenters. The molecule has 136 valence electrons. The highest BCUT2D eigenvalue weighted by molar-refractivity contribution is 7.92. The average Bonchev–Trinajstić information content (AvgIpc) is 2.83. The zero-order valence-corrected chi connectivity index (χ0v) is 16.5. The molecule has 0 aliphatic carbocycles. The van der Waals surface area contributed by atoms with E-state index in [2.05, 4.69) is 29.1 Å². The van der Waals surface area contributed by atoms with Crippen LogP contribution in [0.25, 0.3) is 0 Å². The lowest BCUT2D eigenvalue weighted by atomic mass is 9.97. The van der Waals surface area contributed by atoms with E-state index < -0.39 is 14.6 Å². The monoisotopic (exact) mass is 345 g/mol. The minimum Gasteiger partial charge on any atom is -0.357 e. The number of rotatable bonds is 6. The largest absolute Gasteiger partial charge is 0.357 e. The third-order valence-corrected chi connectivity index (χ3v) is 6.87.